The van der Waals surface area contributed by atoms with E-state index >= 15 is 0 Å². The molecule has 2 heterocycles. The van der Waals surface area contributed by atoms with Gasteiger partial charge in [-0.25, -0.2) is 13.2 Å². The second kappa shape index (κ2) is 13.3. The van der Waals surface area contributed by atoms with Gasteiger partial charge in [-0.2, -0.15) is 4.31 Å². The number of aliphatic hydroxyl groups excluding tert-OH is 1. The molecule has 1 saturated carbocycles. The van der Waals surface area contributed by atoms with Crippen molar-refractivity contribution in [2.45, 2.75) is 68.5 Å². The predicted molar refractivity (Wildman–Crippen MR) is 156 cm³/mol. The van der Waals surface area contributed by atoms with Gasteiger partial charge in [0, 0.05) is 32.0 Å². The average Bonchev–Trinajstić information content (AvgIpc) is 3.66. The van der Waals surface area contributed by atoms with Gasteiger partial charge in [0.05, 0.1) is 43.0 Å². The molecule has 0 radical (unpaired) electrons. The quantitative estimate of drug-likeness (QED) is 0.380. The minimum atomic E-state index is -3.94. The van der Waals surface area contributed by atoms with Gasteiger partial charge < -0.3 is 29.4 Å². The summed E-state index contributed by atoms with van der Waals surface area (Å²) >= 11 is 0. The molecule has 0 bridgehead atoms. The molecule has 42 heavy (non-hydrogen) atoms. The SMILES string of the molecule is COc1ccc(S(=O)(=O)N(CC(C)C)C[C@@H](O)[C@H](Cc2ccccc2)NC(=O)O[C@H]2CO[C@H]3C[C@@H]4OCC[C@@H]4C32)cc1. The molecule has 2 N–H and O–H groups in total. The number of aliphatic hydroxyl groups is 1. The lowest BCUT2D eigenvalue weighted by molar-refractivity contribution is 0.0280. The van der Waals surface area contributed by atoms with Crippen LogP contribution in [0.1, 0.15) is 32.3 Å². The van der Waals surface area contributed by atoms with Crippen LogP contribution in [-0.2, 0) is 30.7 Å². The van der Waals surface area contributed by atoms with Crippen molar-refractivity contribution in [1.82, 2.24) is 9.62 Å². The third-order valence-corrected chi connectivity index (χ3v) is 10.4. The molecule has 2 aromatic carbocycles. The Hall–Kier alpha value is -2.70. The van der Waals surface area contributed by atoms with Crippen LogP contribution in [0.3, 0.4) is 0 Å². The molecular weight excluding hydrogens is 560 g/mol. The van der Waals surface area contributed by atoms with Crippen molar-refractivity contribution in [2.24, 2.45) is 17.8 Å². The minimum absolute atomic E-state index is 0.000776. The number of hydrogen-bond donors (Lipinski definition) is 2. The summed E-state index contributed by atoms with van der Waals surface area (Å²) in [6.45, 7) is 4.87. The molecule has 10 nitrogen and oxygen atoms in total. The number of hydrogen-bond acceptors (Lipinski definition) is 8. The van der Waals surface area contributed by atoms with Crippen molar-refractivity contribution >= 4 is 16.1 Å². The molecular formula is C31H42N2O8S. The molecule has 7 atom stereocenters. The van der Waals surface area contributed by atoms with Gasteiger partial charge in [-0.3, -0.25) is 0 Å². The predicted octanol–water partition coefficient (Wildman–Crippen LogP) is 3.23. The van der Waals surface area contributed by atoms with Crippen molar-refractivity contribution < 1.29 is 37.3 Å². The van der Waals surface area contributed by atoms with Crippen molar-refractivity contribution in [3.63, 3.8) is 0 Å². The van der Waals surface area contributed by atoms with Gasteiger partial charge in [-0.1, -0.05) is 44.2 Å². The minimum Gasteiger partial charge on any atom is -0.497 e. The Labute approximate surface area is 248 Å². The fourth-order valence-corrected chi connectivity index (χ4v) is 8.15. The summed E-state index contributed by atoms with van der Waals surface area (Å²) in [6.07, 6.45) is -0.0365. The molecule has 0 spiro atoms. The third kappa shape index (κ3) is 6.92. The maximum absolute atomic E-state index is 13.7. The highest BCUT2D eigenvalue weighted by Crippen LogP contribution is 2.47. The summed E-state index contributed by atoms with van der Waals surface area (Å²) < 4.78 is 51.5. The zero-order valence-electron chi connectivity index (χ0n) is 24.4. The lowest BCUT2D eigenvalue weighted by atomic mass is 9.89. The number of rotatable bonds is 12. The summed E-state index contributed by atoms with van der Waals surface area (Å²) in [5, 5.41) is 14.4. The number of amides is 1. The van der Waals surface area contributed by atoms with Gasteiger partial charge in [-0.05, 0) is 54.5 Å². The molecule has 11 heteroatoms. The van der Waals surface area contributed by atoms with E-state index in [0.29, 0.717) is 24.7 Å². The number of benzene rings is 2. The normalized spacial score (nSPS) is 26.6. The van der Waals surface area contributed by atoms with Crippen LogP contribution in [0.15, 0.2) is 59.5 Å². The maximum atomic E-state index is 13.7. The summed E-state index contributed by atoms with van der Waals surface area (Å²) in [5.74, 6) is 0.953. The second-order valence-electron chi connectivity index (χ2n) is 11.9. The third-order valence-electron chi connectivity index (χ3n) is 8.53. The Kier molecular flexibility index (Phi) is 9.74. The first-order chi connectivity index (χ1) is 20.2. The van der Waals surface area contributed by atoms with Crippen molar-refractivity contribution in [2.75, 3.05) is 33.4 Å². The number of methoxy groups -OCH3 is 1. The van der Waals surface area contributed by atoms with Crippen molar-refractivity contribution in [3.8, 4) is 5.75 Å². The first-order valence-electron chi connectivity index (χ1n) is 14.7. The van der Waals surface area contributed by atoms with Crippen LogP contribution in [0.2, 0.25) is 0 Å². The summed E-state index contributed by atoms with van der Waals surface area (Å²) in [7, 11) is -2.43. The summed E-state index contributed by atoms with van der Waals surface area (Å²) in [4.78, 5) is 13.4. The average molecular weight is 603 g/mol. The van der Waals surface area contributed by atoms with E-state index < -0.39 is 34.4 Å². The Bertz CT molecular complexity index is 1290. The Morgan fingerprint density at radius 2 is 1.81 bits per heavy atom. The zero-order valence-corrected chi connectivity index (χ0v) is 25.2. The Morgan fingerprint density at radius 1 is 1.07 bits per heavy atom. The monoisotopic (exact) mass is 602 g/mol. The van der Waals surface area contributed by atoms with Gasteiger partial charge in [0.1, 0.15) is 11.9 Å². The van der Waals surface area contributed by atoms with Gasteiger partial charge in [0.2, 0.25) is 10.0 Å². The van der Waals surface area contributed by atoms with Crippen LogP contribution in [-0.4, -0.2) is 87.8 Å². The zero-order chi connectivity index (χ0) is 29.9. The molecule has 2 aromatic rings. The molecule has 1 amide bonds. The van der Waals surface area contributed by atoms with E-state index in [0.717, 1.165) is 25.0 Å². The summed E-state index contributed by atoms with van der Waals surface area (Å²) in [6, 6.07) is 14.8. The largest absolute Gasteiger partial charge is 0.497 e. The van der Waals surface area contributed by atoms with E-state index in [2.05, 4.69) is 5.32 Å². The molecule has 230 valence electrons. The van der Waals surface area contributed by atoms with Crippen LogP contribution in [0.5, 0.6) is 5.75 Å². The summed E-state index contributed by atoms with van der Waals surface area (Å²) in [5.41, 5.74) is 0.890. The number of ether oxygens (including phenoxy) is 4. The Morgan fingerprint density at radius 3 is 2.50 bits per heavy atom. The maximum Gasteiger partial charge on any atom is 0.407 e. The number of nitrogens with zero attached hydrogens (tertiary/aromatic N) is 1. The van der Waals surface area contributed by atoms with Gasteiger partial charge in [0.25, 0.3) is 0 Å². The van der Waals surface area contributed by atoms with Crippen LogP contribution in [0.25, 0.3) is 0 Å². The van der Waals surface area contributed by atoms with E-state index in [1.165, 1.54) is 23.5 Å². The fraction of sp³-hybridized carbons (Fsp3) is 0.581. The standard InChI is InChI=1S/C31H42N2O8S/c1-20(2)17-33(42(36,37)23-11-9-22(38-3)10-12-23)18-26(34)25(15-21-7-5-4-6-8-21)32-31(35)41-29-19-40-28-16-27-24(30(28)29)13-14-39-27/h4-12,20,24-30,34H,13-19H2,1-3H3,(H,32,35)/t24-,25-,26+,27-,28-,29-,30?/m0/s1. The van der Waals surface area contributed by atoms with Crippen molar-refractivity contribution in [3.05, 3.63) is 60.2 Å². The smallest absolute Gasteiger partial charge is 0.407 e. The van der Waals surface area contributed by atoms with Crippen molar-refractivity contribution in [1.29, 1.82) is 0 Å². The van der Waals surface area contributed by atoms with Gasteiger partial charge >= 0.3 is 6.09 Å². The molecule has 3 aliphatic rings. The topological polar surface area (TPSA) is 124 Å². The molecule has 0 aromatic heterocycles. The van der Waals surface area contributed by atoms with E-state index in [1.54, 1.807) is 12.1 Å². The van der Waals surface area contributed by atoms with E-state index in [9.17, 15) is 18.3 Å². The highest BCUT2D eigenvalue weighted by molar-refractivity contribution is 7.89. The van der Waals surface area contributed by atoms with Gasteiger partial charge in [0.15, 0.2) is 0 Å². The molecule has 1 aliphatic carbocycles. The number of nitrogens with one attached hydrogen (secondary N) is 1. The van der Waals surface area contributed by atoms with Crippen LogP contribution < -0.4 is 10.1 Å². The number of carbonyl (C=O) groups is 1. The number of sulfonamides is 1. The number of carbonyl (C=O) groups excluding carboxylic acids is 1. The molecule has 5 rings (SSSR count). The lowest BCUT2D eigenvalue weighted by Gasteiger charge is -2.31. The van der Waals surface area contributed by atoms with E-state index in [4.69, 9.17) is 18.9 Å². The highest BCUT2D eigenvalue weighted by atomic mass is 32.2. The van der Waals surface area contributed by atoms with Gasteiger partial charge in [-0.15, -0.1) is 0 Å². The lowest BCUT2D eigenvalue weighted by Crippen LogP contribution is -2.52. The van der Waals surface area contributed by atoms with Crippen LogP contribution in [0, 0.1) is 17.8 Å². The van der Waals surface area contributed by atoms with E-state index in [1.807, 2.05) is 44.2 Å². The molecule has 2 aliphatic heterocycles. The molecule has 2 saturated heterocycles. The highest BCUT2D eigenvalue weighted by Gasteiger charge is 2.55. The first kappa shape index (κ1) is 30.7. The first-order valence-corrected chi connectivity index (χ1v) is 16.2. The number of alkyl carbamates (subject to hydrolysis) is 1. The Balaban J connectivity index is 1.31. The van der Waals surface area contributed by atoms with Crippen LogP contribution in [0.4, 0.5) is 4.79 Å². The van der Waals surface area contributed by atoms with Crippen LogP contribution >= 0.6 is 0 Å². The molecule has 1 unspecified atom stereocenters. The van der Waals surface area contributed by atoms with E-state index in [-0.39, 0.29) is 42.0 Å². The number of fused-ring (bicyclic) bond motifs is 3. The molecule has 3 fully saturated rings. The second-order valence-corrected chi connectivity index (χ2v) is 13.8. The fourth-order valence-electron chi connectivity index (χ4n) is 6.53.